The summed E-state index contributed by atoms with van der Waals surface area (Å²) in [6, 6.07) is 3.37. The quantitative estimate of drug-likeness (QED) is 0.908. The molecule has 0 spiro atoms. The molecule has 0 unspecified atom stereocenters. The van der Waals surface area contributed by atoms with Gasteiger partial charge >= 0.3 is 6.18 Å². The second-order valence-corrected chi connectivity index (χ2v) is 4.94. The number of carbonyl (C=O) groups excluding carboxylic acids is 1. The topological polar surface area (TPSA) is 43.8 Å². The van der Waals surface area contributed by atoms with Crippen molar-refractivity contribution >= 4 is 5.91 Å². The number of likely N-dealkylation sites (N-methyl/N-ethyl adjacent to an activating group) is 2. The minimum atomic E-state index is -4.60. The number of phenolic OH excluding ortho intramolecular Hbond substituents is 1. The van der Waals surface area contributed by atoms with Gasteiger partial charge in [-0.15, -0.1) is 0 Å². The standard InChI is InChI=1S/C14H19F3N2O2/c1-4-19(9-13(21)18(2)3)8-10-5-6-12(20)11(7-10)14(15,16)17/h5-7,20H,4,8-9H2,1-3H3. The molecule has 118 valence electrons. The van der Waals surface area contributed by atoms with Crippen molar-refractivity contribution in [1.82, 2.24) is 9.80 Å². The molecule has 7 heteroatoms. The van der Waals surface area contributed by atoms with Crippen LogP contribution in [-0.4, -0.2) is 48.0 Å². The SMILES string of the molecule is CCN(CC(=O)N(C)C)Cc1ccc(O)c(C(F)(F)F)c1. The second-order valence-electron chi connectivity index (χ2n) is 4.94. The molecule has 1 aromatic carbocycles. The highest BCUT2D eigenvalue weighted by Gasteiger charge is 2.34. The van der Waals surface area contributed by atoms with Gasteiger partial charge in [-0.25, -0.2) is 0 Å². The molecule has 21 heavy (non-hydrogen) atoms. The van der Waals surface area contributed by atoms with E-state index in [0.717, 1.165) is 12.1 Å². The van der Waals surface area contributed by atoms with Crippen molar-refractivity contribution in [3.05, 3.63) is 29.3 Å². The molecule has 0 saturated heterocycles. The van der Waals surface area contributed by atoms with E-state index in [2.05, 4.69) is 0 Å². The first-order valence-electron chi connectivity index (χ1n) is 6.46. The van der Waals surface area contributed by atoms with E-state index in [9.17, 15) is 23.1 Å². The van der Waals surface area contributed by atoms with Gasteiger partial charge in [0.05, 0.1) is 12.1 Å². The van der Waals surface area contributed by atoms with E-state index >= 15 is 0 Å². The fourth-order valence-electron chi connectivity index (χ4n) is 1.78. The van der Waals surface area contributed by atoms with Crippen molar-refractivity contribution in [2.24, 2.45) is 0 Å². The van der Waals surface area contributed by atoms with Crippen molar-refractivity contribution in [3.63, 3.8) is 0 Å². The van der Waals surface area contributed by atoms with E-state index in [1.165, 1.54) is 11.0 Å². The number of phenols is 1. The molecular formula is C14H19F3N2O2. The van der Waals surface area contributed by atoms with Crippen LogP contribution in [0.15, 0.2) is 18.2 Å². The summed E-state index contributed by atoms with van der Waals surface area (Å²) in [5.74, 6) is -0.912. The maximum atomic E-state index is 12.7. The van der Waals surface area contributed by atoms with Crippen LogP contribution in [0, 0.1) is 0 Å². The molecule has 0 aromatic heterocycles. The van der Waals surface area contributed by atoms with Crippen molar-refractivity contribution in [3.8, 4) is 5.75 Å². The number of carbonyl (C=O) groups is 1. The fourth-order valence-corrected chi connectivity index (χ4v) is 1.78. The number of hydrogen-bond donors (Lipinski definition) is 1. The van der Waals surface area contributed by atoms with E-state index < -0.39 is 17.5 Å². The molecule has 0 saturated carbocycles. The van der Waals surface area contributed by atoms with E-state index in [-0.39, 0.29) is 19.0 Å². The number of amides is 1. The number of benzene rings is 1. The predicted octanol–water partition coefficient (Wildman–Crippen LogP) is 2.32. The zero-order chi connectivity index (χ0) is 16.2. The molecule has 0 atom stereocenters. The van der Waals surface area contributed by atoms with Gasteiger partial charge < -0.3 is 10.0 Å². The lowest BCUT2D eigenvalue weighted by Crippen LogP contribution is -2.36. The van der Waals surface area contributed by atoms with E-state index in [0.29, 0.717) is 12.1 Å². The van der Waals surface area contributed by atoms with Crippen molar-refractivity contribution in [1.29, 1.82) is 0 Å². The van der Waals surface area contributed by atoms with Crippen molar-refractivity contribution in [2.45, 2.75) is 19.6 Å². The first-order valence-corrected chi connectivity index (χ1v) is 6.46. The molecule has 1 N–H and O–H groups in total. The molecular weight excluding hydrogens is 285 g/mol. The van der Waals surface area contributed by atoms with Gasteiger partial charge in [-0.2, -0.15) is 13.2 Å². The van der Waals surface area contributed by atoms with Crippen LogP contribution in [-0.2, 0) is 17.5 Å². The highest BCUT2D eigenvalue weighted by molar-refractivity contribution is 5.77. The van der Waals surface area contributed by atoms with Crippen LogP contribution in [0.5, 0.6) is 5.75 Å². The van der Waals surface area contributed by atoms with Crippen molar-refractivity contribution < 1.29 is 23.1 Å². The lowest BCUT2D eigenvalue weighted by Gasteiger charge is -2.22. The summed E-state index contributed by atoms with van der Waals surface area (Å²) in [4.78, 5) is 14.8. The minimum Gasteiger partial charge on any atom is -0.507 e. The van der Waals surface area contributed by atoms with Gasteiger partial charge in [-0.3, -0.25) is 9.69 Å². The summed E-state index contributed by atoms with van der Waals surface area (Å²) in [6.45, 7) is 2.70. The van der Waals surface area contributed by atoms with Gasteiger partial charge in [0.1, 0.15) is 5.75 Å². The van der Waals surface area contributed by atoms with Crippen molar-refractivity contribution in [2.75, 3.05) is 27.2 Å². The average Bonchev–Trinajstić information content (AvgIpc) is 2.38. The number of nitrogens with zero attached hydrogens (tertiary/aromatic N) is 2. The predicted molar refractivity (Wildman–Crippen MR) is 72.8 cm³/mol. The highest BCUT2D eigenvalue weighted by Crippen LogP contribution is 2.36. The average molecular weight is 304 g/mol. The molecule has 0 radical (unpaired) electrons. The third-order valence-electron chi connectivity index (χ3n) is 3.08. The monoisotopic (exact) mass is 304 g/mol. The van der Waals surface area contributed by atoms with Crippen LogP contribution >= 0.6 is 0 Å². The van der Waals surface area contributed by atoms with Gasteiger partial charge in [-0.1, -0.05) is 13.0 Å². The van der Waals surface area contributed by atoms with Crippen LogP contribution in [0.2, 0.25) is 0 Å². The molecule has 0 aliphatic carbocycles. The summed E-state index contributed by atoms with van der Waals surface area (Å²) in [6.07, 6.45) is -4.60. The Morgan fingerprint density at radius 3 is 2.38 bits per heavy atom. The molecule has 0 bridgehead atoms. The zero-order valence-corrected chi connectivity index (χ0v) is 12.2. The number of rotatable bonds is 5. The van der Waals surface area contributed by atoms with Gasteiger partial charge in [-0.05, 0) is 24.2 Å². The fraction of sp³-hybridized carbons (Fsp3) is 0.500. The van der Waals surface area contributed by atoms with E-state index in [1.807, 2.05) is 6.92 Å². The van der Waals surface area contributed by atoms with Gasteiger partial charge in [0.2, 0.25) is 5.91 Å². The Kier molecular flexibility index (Phi) is 5.60. The number of halogens is 3. The number of alkyl halides is 3. The van der Waals surface area contributed by atoms with Gasteiger partial charge in [0, 0.05) is 20.6 Å². The van der Waals surface area contributed by atoms with Crippen LogP contribution in [0.25, 0.3) is 0 Å². The Labute approximate surface area is 121 Å². The molecule has 4 nitrogen and oxygen atoms in total. The lowest BCUT2D eigenvalue weighted by atomic mass is 10.1. The van der Waals surface area contributed by atoms with Crippen LogP contribution in [0.4, 0.5) is 13.2 Å². The summed E-state index contributed by atoms with van der Waals surface area (Å²) >= 11 is 0. The third kappa shape index (κ3) is 4.93. The molecule has 0 aliphatic rings. The smallest absolute Gasteiger partial charge is 0.419 e. The summed E-state index contributed by atoms with van der Waals surface area (Å²) in [7, 11) is 3.25. The van der Waals surface area contributed by atoms with E-state index in [4.69, 9.17) is 0 Å². The highest BCUT2D eigenvalue weighted by atomic mass is 19.4. The molecule has 0 fully saturated rings. The first kappa shape index (κ1) is 17.3. The zero-order valence-electron chi connectivity index (χ0n) is 12.2. The van der Waals surface area contributed by atoms with Gasteiger partial charge in [0.25, 0.3) is 0 Å². The Hall–Kier alpha value is -1.76. The van der Waals surface area contributed by atoms with Gasteiger partial charge in [0.15, 0.2) is 0 Å². The molecule has 0 aliphatic heterocycles. The Morgan fingerprint density at radius 1 is 1.29 bits per heavy atom. The first-order chi connectivity index (χ1) is 9.65. The molecule has 1 aromatic rings. The summed E-state index contributed by atoms with van der Waals surface area (Å²) < 4.78 is 38.2. The van der Waals surface area contributed by atoms with E-state index in [1.54, 1.807) is 19.0 Å². The Morgan fingerprint density at radius 2 is 1.90 bits per heavy atom. The normalized spacial score (nSPS) is 11.8. The summed E-state index contributed by atoms with van der Waals surface area (Å²) in [5.41, 5.74) is -0.663. The Balaban J connectivity index is 2.89. The Bertz CT molecular complexity index is 501. The number of hydrogen-bond acceptors (Lipinski definition) is 3. The van der Waals surface area contributed by atoms with Crippen LogP contribution < -0.4 is 0 Å². The molecule has 1 amide bonds. The maximum Gasteiger partial charge on any atom is 0.419 e. The maximum absolute atomic E-state index is 12.7. The van der Waals surface area contributed by atoms with Crippen LogP contribution in [0.3, 0.4) is 0 Å². The minimum absolute atomic E-state index is 0.119. The third-order valence-corrected chi connectivity index (χ3v) is 3.08. The van der Waals surface area contributed by atoms with Crippen LogP contribution in [0.1, 0.15) is 18.1 Å². The lowest BCUT2D eigenvalue weighted by molar-refractivity contribution is -0.139. The molecule has 1 rings (SSSR count). The number of aromatic hydroxyl groups is 1. The molecule has 0 heterocycles. The largest absolute Gasteiger partial charge is 0.507 e. The summed E-state index contributed by atoms with van der Waals surface area (Å²) in [5, 5.41) is 9.29. The second kappa shape index (κ2) is 6.80.